The van der Waals surface area contributed by atoms with Crippen LogP contribution in [0, 0.1) is 6.92 Å². The fourth-order valence-electron chi connectivity index (χ4n) is 1.65. The second-order valence-electron chi connectivity index (χ2n) is 4.08. The van der Waals surface area contributed by atoms with Crippen LogP contribution in [0.25, 0.3) is 11.0 Å². The minimum absolute atomic E-state index is 0.0891. The van der Waals surface area contributed by atoms with Gasteiger partial charge in [0.1, 0.15) is 5.65 Å². The third kappa shape index (κ3) is 1.65. The second kappa shape index (κ2) is 3.50. The van der Waals surface area contributed by atoms with Crippen LogP contribution in [0.1, 0.15) is 31.0 Å². The first kappa shape index (κ1) is 9.90. The van der Waals surface area contributed by atoms with Gasteiger partial charge >= 0.3 is 0 Å². The lowest BCUT2D eigenvalue weighted by Crippen LogP contribution is -2.12. The predicted octanol–water partition coefficient (Wildman–Crippen LogP) is 2.35. The molecule has 0 aliphatic rings. The van der Waals surface area contributed by atoms with Crippen LogP contribution < -0.4 is 5.43 Å². The molecular formula is C12H14N2O. The average Bonchev–Trinajstić information content (AvgIpc) is 2.17. The Hall–Kier alpha value is -1.64. The van der Waals surface area contributed by atoms with Crippen molar-refractivity contribution >= 4 is 11.0 Å². The minimum atomic E-state index is 0.0891. The lowest BCUT2D eigenvalue weighted by atomic mass is 10.0. The van der Waals surface area contributed by atoms with Gasteiger partial charge in [-0.15, -0.1) is 0 Å². The Morgan fingerprint density at radius 1 is 1.33 bits per heavy atom. The molecule has 0 amide bonds. The maximum absolute atomic E-state index is 12.0. The molecule has 0 aliphatic heterocycles. The minimum Gasteiger partial charge on any atom is -0.346 e. The molecule has 78 valence electrons. The Balaban J connectivity index is 2.80. The number of hydrogen-bond acceptors (Lipinski definition) is 2. The quantitative estimate of drug-likeness (QED) is 0.771. The van der Waals surface area contributed by atoms with Gasteiger partial charge in [0.2, 0.25) is 0 Å². The first-order chi connectivity index (χ1) is 7.09. The summed E-state index contributed by atoms with van der Waals surface area (Å²) in [5.74, 6) is 0.236. The zero-order chi connectivity index (χ0) is 11.0. The van der Waals surface area contributed by atoms with Gasteiger partial charge in [-0.1, -0.05) is 13.8 Å². The molecule has 3 nitrogen and oxygen atoms in total. The number of nitrogens with zero attached hydrogens (tertiary/aromatic N) is 1. The van der Waals surface area contributed by atoms with E-state index in [9.17, 15) is 4.79 Å². The van der Waals surface area contributed by atoms with E-state index in [4.69, 9.17) is 0 Å². The molecule has 0 atom stereocenters. The molecule has 0 saturated heterocycles. The molecule has 15 heavy (non-hydrogen) atoms. The van der Waals surface area contributed by atoms with Crippen molar-refractivity contribution in [2.75, 3.05) is 0 Å². The van der Waals surface area contributed by atoms with Gasteiger partial charge in [0, 0.05) is 17.5 Å². The number of hydrogen-bond donors (Lipinski definition) is 1. The molecule has 2 aromatic heterocycles. The normalized spacial score (nSPS) is 11.2. The number of pyridine rings is 2. The van der Waals surface area contributed by atoms with Crippen LogP contribution in [0.5, 0.6) is 0 Å². The number of fused-ring (bicyclic) bond motifs is 1. The summed E-state index contributed by atoms with van der Waals surface area (Å²) in [4.78, 5) is 19.4. The van der Waals surface area contributed by atoms with Crippen molar-refractivity contribution < 1.29 is 0 Å². The second-order valence-corrected chi connectivity index (χ2v) is 4.08. The highest BCUT2D eigenvalue weighted by atomic mass is 16.1. The van der Waals surface area contributed by atoms with Gasteiger partial charge in [-0.3, -0.25) is 4.79 Å². The third-order valence-electron chi connectivity index (χ3n) is 2.53. The van der Waals surface area contributed by atoms with Crippen molar-refractivity contribution in [3.8, 4) is 0 Å². The maximum Gasteiger partial charge on any atom is 0.194 e. The van der Waals surface area contributed by atoms with Crippen molar-refractivity contribution in [1.29, 1.82) is 0 Å². The van der Waals surface area contributed by atoms with Gasteiger partial charge in [0.05, 0.1) is 5.39 Å². The Labute approximate surface area is 88.2 Å². The van der Waals surface area contributed by atoms with Gasteiger partial charge in [-0.05, 0) is 25.0 Å². The maximum atomic E-state index is 12.0. The molecule has 0 unspecified atom stereocenters. The lowest BCUT2D eigenvalue weighted by Gasteiger charge is -2.05. The van der Waals surface area contributed by atoms with Crippen LogP contribution in [0.15, 0.2) is 23.1 Å². The molecule has 3 heteroatoms. The molecule has 2 rings (SSSR count). The van der Waals surface area contributed by atoms with Crippen molar-refractivity contribution in [2.45, 2.75) is 26.7 Å². The van der Waals surface area contributed by atoms with E-state index in [0.29, 0.717) is 11.0 Å². The summed E-state index contributed by atoms with van der Waals surface area (Å²) in [6.45, 7) is 5.93. The lowest BCUT2D eigenvalue weighted by molar-refractivity contribution is 0.852. The van der Waals surface area contributed by atoms with E-state index in [1.54, 1.807) is 6.20 Å². The van der Waals surface area contributed by atoms with Crippen LogP contribution in [0.3, 0.4) is 0 Å². The molecule has 0 radical (unpaired) electrons. The fourth-order valence-corrected chi connectivity index (χ4v) is 1.65. The van der Waals surface area contributed by atoms with E-state index < -0.39 is 0 Å². The van der Waals surface area contributed by atoms with E-state index in [2.05, 4.69) is 9.97 Å². The average molecular weight is 202 g/mol. The summed E-state index contributed by atoms with van der Waals surface area (Å²) < 4.78 is 0. The van der Waals surface area contributed by atoms with Crippen LogP contribution in [-0.4, -0.2) is 9.97 Å². The number of aryl methyl sites for hydroxylation is 1. The van der Waals surface area contributed by atoms with Crippen molar-refractivity contribution in [2.24, 2.45) is 0 Å². The van der Waals surface area contributed by atoms with Crippen LogP contribution in [0.4, 0.5) is 0 Å². The highest BCUT2D eigenvalue weighted by Gasteiger charge is 2.08. The van der Waals surface area contributed by atoms with Gasteiger partial charge in [0.25, 0.3) is 0 Å². The van der Waals surface area contributed by atoms with Crippen LogP contribution >= 0.6 is 0 Å². The van der Waals surface area contributed by atoms with Gasteiger partial charge in [-0.25, -0.2) is 4.98 Å². The van der Waals surface area contributed by atoms with Crippen molar-refractivity contribution in [3.05, 3.63) is 39.8 Å². The standard InChI is InChI=1S/C12H14N2O/c1-7(2)10-6-13-12-9(11(10)15)5-4-8(3)14-12/h4-7H,1-3H3,(H,13,14,15). The highest BCUT2D eigenvalue weighted by molar-refractivity contribution is 5.75. The zero-order valence-electron chi connectivity index (χ0n) is 9.16. The van der Waals surface area contributed by atoms with E-state index in [0.717, 1.165) is 11.3 Å². The summed E-state index contributed by atoms with van der Waals surface area (Å²) in [6, 6.07) is 3.70. The Bertz CT molecular complexity index is 555. The topological polar surface area (TPSA) is 45.8 Å². The number of rotatable bonds is 1. The fraction of sp³-hybridized carbons (Fsp3) is 0.333. The number of aromatic nitrogens is 2. The Morgan fingerprint density at radius 3 is 2.73 bits per heavy atom. The largest absolute Gasteiger partial charge is 0.346 e. The van der Waals surface area contributed by atoms with Gasteiger partial charge in [0.15, 0.2) is 5.43 Å². The van der Waals surface area contributed by atoms with Crippen LogP contribution in [0.2, 0.25) is 0 Å². The molecular weight excluding hydrogens is 188 g/mol. The van der Waals surface area contributed by atoms with E-state index in [1.165, 1.54) is 0 Å². The number of aromatic amines is 1. The SMILES string of the molecule is Cc1ccc2c(=O)c(C(C)C)c[nH]c2n1. The first-order valence-electron chi connectivity index (χ1n) is 5.08. The molecule has 2 heterocycles. The molecule has 0 bridgehead atoms. The molecule has 0 saturated carbocycles. The van der Waals surface area contributed by atoms with E-state index >= 15 is 0 Å². The molecule has 0 spiro atoms. The molecule has 0 aromatic carbocycles. The third-order valence-corrected chi connectivity index (χ3v) is 2.53. The summed E-state index contributed by atoms with van der Waals surface area (Å²) >= 11 is 0. The zero-order valence-corrected chi connectivity index (χ0v) is 9.16. The molecule has 0 fully saturated rings. The Morgan fingerprint density at radius 2 is 2.07 bits per heavy atom. The highest BCUT2D eigenvalue weighted by Crippen LogP contribution is 2.12. The molecule has 0 aliphatic carbocycles. The summed E-state index contributed by atoms with van der Waals surface area (Å²) in [7, 11) is 0. The van der Waals surface area contributed by atoms with Crippen molar-refractivity contribution in [1.82, 2.24) is 9.97 Å². The number of nitrogens with one attached hydrogen (secondary N) is 1. The number of H-pyrrole nitrogens is 1. The summed E-state index contributed by atoms with van der Waals surface area (Å²) in [5, 5.41) is 0.673. The van der Waals surface area contributed by atoms with Gasteiger partial charge < -0.3 is 4.98 Å². The predicted molar refractivity (Wildman–Crippen MR) is 61.2 cm³/mol. The van der Waals surface area contributed by atoms with E-state index in [1.807, 2.05) is 32.9 Å². The monoisotopic (exact) mass is 202 g/mol. The summed E-state index contributed by atoms with van der Waals surface area (Å²) in [5.41, 5.74) is 2.49. The van der Waals surface area contributed by atoms with Crippen molar-refractivity contribution in [3.63, 3.8) is 0 Å². The molecule has 1 N–H and O–H groups in total. The summed E-state index contributed by atoms with van der Waals surface area (Å²) in [6.07, 6.45) is 1.77. The smallest absolute Gasteiger partial charge is 0.194 e. The van der Waals surface area contributed by atoms with Gasteiger partial charge in [-0.2, -0.15) is 0 Å². The van der Waals surface area contributed by atoms with E-state index in [-0.39, 0.29) is 11.3 Å². The molecule has 2 aromatic rings. The Kier molecular flexibility index (Phi) is 2.31. The first-order valence-corrected chi connectivity index (χ1v) is 5.08. The van der Waals surface area contributed by atoms with Crippen LogP contribution in [-0.2, 0) is 0 Å².